The molecule has 0 saturated carbocycles. The third kappa shape index (κ3) is 29.1. The van der Waals surface area contributed by atoms with Gasteiger partial charge in [0.2, 0.25) is 0 Å². The van der Waals surface area contributed by atoms with Gasteiger partial charge in [-0.1, -0.05) is 136 Å². The first-order chi connectivity index (χ1) is 17.2. The molecule has 0 aliphatic heterocycles. The van der Waals surface area contributed by atoms with E-state index in [0.29, 0.717) is 26.1 Å². The van der Waals surface area contributed by atoms with Crippen molar-refractivity contribution < 1.29 is 19.1 Å². The highest BCUT2D eigenvalue weighted by molar-refractivity contribution is 5.69. The smallest absolute Gasteiger partial charge is 0.305 e. The lowest BCUT2D eigenvalue weighted by atomic mass is 10.1. The lowest BCUT2D eigenvalue weighted by molar-refractivity contribution is -0.144. The van der Waals surface area contributed by atoms with E-state index >= 15 is 0 Å². The van der Waals surface area contributed by atoms with Crippen molar-refractivity contribution in [2.75, 3.05) is 13.2 Å². The Bertz CT molecular complexity index is 449. The molecule has 0 atom stereocenters. The summed E-state index contributed by atoms with van der Waals surface area (Å²) in [5.41, 5.74) is 0. The SMILES string of the molecule is CCCCCCCCCCCCCOC(=O)CCCCCCCCCOC(=O)CCCCCCC. The first kappa shape index (κ1) is 33.9. The molecule has 0 saturated heterocycles. The van der Waals surface area contributed by atoms with E-state index in [1.807, 2.05) is 0 Å². The van der Waals surface area contributed by atoms with E-state index in [-0.39, 0.29) is 11.9 Å². The summed E-state index contributed by atoms with van der Waals surface area (Å²) in [5.74, 6) is -0.0545. The van der Waals surface area contributed by atoms with Gasteiger partial charge in [-0.2, -0.15) is 0 Å². The molecule has 0 radical (unpaired) electrons. The van der Waals surface area contributed by atoms with Crippen LogP contribution < -0.4 is 0 Å². The van der Waals surface area contributed by atoms with Crippen LogP contribution in [0.5, 0.6) is 0 Å². The minimum absolute atomic E-state index is 0.0238. The molecule has 0 amide bonds. The second-order valence-corrected chi connectivity index (χ2v) is 10.4. The largest absolute Gasteiger partial charge is 0.466 e. The van der Waals surface area contributed by atoms with Gasteiger partial charge in [0, 0.05) is 12.8 Å². The molecular formula is C31H60O4. The lowest BCUT2D eigenvalue weighted by Crippen LogP contribution is -2.05. The van der Waals surface area contributed by atoms with E-state index in [9.17, 15) is 9.59 Å². The normalized spacial score (nSPS) is 11.0. The van der Waals surface area contributed by atoms with Crippen molar-refractivity contribution in [3.63, 3.8) is 0 Å². The summed E-state index contributed by atoms with van der Waals surface area (Å²) >= 11 is 0. The van der Waals surface area contributed by atoms with Gasteiger partial charge in [0.25, 0.3) is 0 Å². The standard InChI is InChI=1S/C31H60O4/c1-3-5-7-9-10-11-12-13-16-20-24-28-35-31(33)27-23-19-15-14-17-21-25-29-34-30(32)26-22-18-8-6-4-2/h3-29H2,1-2H3. The summed E-state index contributed by atoms with van der Waals surface area (Å²) in [4.78, 5) is 23.5. The van der Waals surface area contributed by atoms with E-state index in [2.05, 4.69) is 13.8 Å². The van der Waals surface area contributed by atoms with Gasteiger partial charge >= 0.3 is 11.9 Å². The van der Waals surface area contributed by atoms with Crippen LogP contribution in [0.3, 0.4) is 0 Å². The maximum Gasteiger partial charge on any atom is 0.305 e. The molecule has 0 aromatic carbocycles. The van der Waals surface area contributed by atoms with Gasteiger partial charge in [0.1, 0.15) is 0 Å². The van der Waals surface area contributed by atoms with E-state index in [4.69, 9.17) is 9.47 Å². The summed E-state index contributed by atoms with van der Waals surface area (Å²) in [5, 5.41) is 0. The van der Waals surface area contributed by atoms with Crippen LogP contribution in [-0.4, -0.2) is 25.2 Å². The Balaban J connectivity index is 3.22. The Hall–Kier alpha value is -1.06. The average molecular weight is 497 g/mol. The lowest BCUT2D eigenvalue weighted by Gasteiger charge is -2.06. The van der Waals surface area contributed by atoms with Crippen LogP contribution in [0.15, 0.2) is 0 Å². The van der Waals surface area contributed by atoms with Crippen molar-refractivity contribution in [3.05, 3.63) is 0 Å². The van der Waals surface area contributed by atoms with Crippen molar-refractivity contribution in [2.45, 2.75) is 174 Å². The summed E-state index contributed by atoms with van der Waals surface area (Å²) in [6.07, 6.45) is 29.1. The fourth-order valence-electron chi connectivity index (χ4n) is 4.41. The van der Waals surface area contributed by atoms with Crippen molar-refractivity contribution in [2.24, 2.45) is 0 Å². The predicted octanol–water partition coefficient (Wildman–Crippen LogP) is 9.87. The van der Waals surface area contributed by atoms with E-state index in [1.165, 1.54) is 103 Å². The quantitative estimate of drug-likeness (QED) is 0.0798. The van der Waals surface area contributed by atoms with Crippen molar-refractivity contribution in [1.82, 2.24) is 0 Å². The van der Waals surface area contributed by atoms with Gasteiger partial charge in [-0.05, 0) is 25.7 Å². The molecule has 0 bridgehead atoms. The molecule has 0 heterocycles. The molecule has 208 valence electrons. The van der Waals surface area contributed by atoms with Crippen LogP contribution in [0, 0.1) is 0 Å². The third-order valence-electron chi connectivity index (χ3n) is 6.78. The summed E-state index contributed by atoms with van der Waals surface area (Å²) in [7, 11) is 0. The van der Waals surface area contributed by atoms with Gasteiger partial charge in [-0.3, -0.25) is 9.59 Å². The fraction of sp³-hybridized carbons (Fsp3) is 0.935. The predicted molar refractivity (Wildman–Crippen MR) is 149 cm³/mol. The van der Waals surface area contributed by atoms with Crippen LogP contribution >= 0.6 is 0 Å². The zero-order valence-electron chi connectivity index (χ0n) is 23.7. The Labute approximate surface area is 218 Å². The van der Waals surface area contributed by atoms with Crippen LogP contribution in [-0.2, 0) is 19.1 Å². The van der Waals surface area contributed by atoms with Gasteiger partial charge < -0.3 is 9.47 Å². The van der Waals surface area contributed by atoms with Crippen LogP contribution in [0.25, 0.3) is 0 Å². The average Bonchev–Trinajstić information content (AvgIpc) is 2.85. The maximum absolute atomic E-state index is 11.8. The molecule has 0 spiro atoms. The summed E-state index contributed by atoms with van der Waals surface area (Å²) in [6.45, 7) is 5.63. The molecule has 0 aromatic heterocycles. The monoisotopic (exact) mass is 496 g/mol. The number of carbonyl (C=O) groups is 2. The van der Waals surface area contributed by atoms with Gasteiger partial charge in [0.05, 0.1) is 13.2 Å². The highest BCUT2D eigenvalue weighted by Crippen LogP contribution is 2.12. The Morgan fingerprint density at radius 1 is 0.371 bits per heavy atom. The molecule has 0 aromatic rings. The topological polar surface area (TPSA) is 52.6 Å². The Kier molecular flexibility index (Phi) is 28.3. The molecule has 0 aliphatic carbocycles. The molecule has 0 N–H and O–H groups in total. The van der Waals surface area contributed by atoms with Gasteiger partial charge in [0.15, 0.2) is 0 Å². The Morgan fingerprint density at radius 2 is 0.629 bits per heavy atom. The fourth-order valence-corrected chi connectivity index (χ4v) is 4.41. The molecular weight excluding hydrogens is 436 g/mol. The highest BCUT2D eigenvalue weighted by atomic mass is 16.5. The maximum atomic E-state index is 11.8. The highest BCUT2D eigenvalue weighted by Gasteiger charge is 2.04. The van der Waals surface area contributed by atoms with Crippen LogP contribution in [0.4, 0.5) is 0 Å². The first-order valence-electron chi connectivity index (χ1n) is 15.5. The van der Waals surface area contributed by atoms with E-state index in [1.54, 1.807) is 0 Å². The molecule has 0 aliphatic rings. The van der Waals surface area contributed by atoms with Crippen molar-refractivity contribution >= 4 is 11.9 Å². The number of hydrogen-bond acceptors (Lipinski definition) is 4. The van der Waals surface area contributed by atoms with E-state index in [0.717, 1.165) is 44.9 Å². The zero-order valence-corrected chi connectivity index (χ0v) is 23.7. The second kappa shape index (κ2) is 29.2. The van der Waals surface area contributed by atoms with Crippen molar-refractivity contribution in [3.8, 4) is 0 Å². The first-order valence-corrected chi connectivity index (χ1v) is 15.5. The minimum Gasteiger partial charge on any atom is -0.466 e. The third-order valence-corrected chi connectivity index (χ3v) is 6.78. The molecule has 0 unspecified atom stereocenters. The number of carbonyl (C=O) groups excluding carboxylic acids is 2. The Morgan fingerprint density at radius 3 is 0.943 bits per heavy atom. The van der Waals surface area contributed by atoms with Crippen LogP contribution in [0.2, 0.25) is 0 Å². The van der Waals surface area contributed by atoms with E-state index < -0.39 is 0 Å². The number of ether oxygens (including phenoxy) is 2. The van der Waals surface area contributed by atoms with Crippen molar-refractivity contribution in [1.29, 1.82) is 0 Å². The zero-order chi connectivity index (χ0) is 25.7. The molecule has 35 heavy (non-hydrogen) atoms. The second-order valence-electron chi connectivity index (χ2n) is 10.4. The minimum atomic E-state index is -0.0307. The number of unbranched alkanes of at least 4 members (excludes halogenated alkanes) is 20. The number of esters is 2. The summed E-state index contributed by atoms with van der Waals surface area (Å²) in [6, 6.07) is 0. The van der Waals surface area contributed by atoms with Gasteiger partial charge in [-0.15, -0.1) is 0 Å². The number of hydrogen-bond donors (Lipinski definition) is 0. The molecule has 4 nitrogen and oxygen atoms in total. The molecule has 0 rings (SSSR count). The molecule has 4 heteroatoms. The van der Waals surface area contributed by atoms with Gasteiger partial charge in [-0.25, -0.2) is 0 Å². The summed E-state index contributed by atoms with van der Waals surface area (Å²) < 4.78 is 10.7. The molecule has 0 fully saturated rings. The van der Waals surface area contributed by atoms with Crippen LogP contribution in [0.1, 0.15) is 174 Å². The number of rotatable bonds is 28.